The highest BCUT2D eigenvalue weighted by Crippen LogP contribution is 2.42. The third-order valence-corrected chi connectivity index (χ3v) is 5.01. The lowest BCUT2D eigenvalue weighted by Gasteiger charge is -2.25. The number of imide groups is 1. The predicted molar refractivity (Wildman–Crippen MR) is 86.3 cm³/mol. The van der Waals surface area contributed by atoms with Gasteiger partial charge in [0.05, 0.1) is 17.5 Å². The highest BCUT2D eigenvalue weighted by molar-refractivity contribution is 6.22. The Bertz CT molecular complexity index is 550. The molecule has 0 unspecified atom stereocenters. The molecule has 1 aromatic rings. The Balaban J connectivity index is 2.01. The van der Waals surface area contributed by atoms with E-state index in [1.807, 2.05) is 30.3 Å². The summed E-state index contributed by atoms with van der Waals surface area (Å²) in [6, 6.07) is 9.43. The molecule has 4 heteroatoms. The van der Waals surface area contributed by atoms with Gasteiger partial charge in [0, 0.05) is 12.1 Å². The van der Waals surface area contributed by atoms with Gasteiger partial charge < -0.3 is 5.32 Å². The Hall–Kier alpha value is -1.68. The van der Waals surface area contributed by atoms with E-state index in [0.717, 1.165) is 0 Å². The van der Waals surface area contributed by atoms with E-state index in [-0.39, 0.29) is 35.7 Å². The van der Waals surface area contributed by atoms with Gasteiger partial charge in [0.25, 0.3) is 0 Å². The van der Waals surface area contributed by atoms with Crippen LogP contribution in [0.25, 0.3) is 0 Å². The SMILES string of the molecule is CC(C)[C@@H]1N[C@@H](C(C)C)[C@H]2C(=O)N(c3ccccc3)C(=O)[C@H]21. The average Bonchev–Trinajstić information content (AvgIpc) is 2.98. The van der Waals surface area contributed by atoms with E-state index >= 15 is 0 Å². The Morgan fingerprint density at radius 1 is 0.864 bits per heavy atom. The number of carbonyl (C=O) groups excluding carboxylic acids is 2. The quantitative estimate of drug-likeness (QED) is 0.872. The molecule has 0 radical (unpaired) electrons. The van der Waals surface area contributed by atoms with Crippen LogP contribution in [0.15, 0.2) is 30.3 Å². The molecule has 0 bridgehead atoms. The van der Waals surface area contributed by atoms with Gasteiger partial charge >= 0.3 is 0 Å². The van der Waals surface area contributed by atoms with Crippen LogP contribution in [0.1, 0.15) is 27.7 Å². The summed E-state index contributed by atoms with van der Waals surface area (Å²) in [6.07, 6.45) is 0. The lowest BCUT2D eigenvalue weighted by atomic mass is 9.82. The Morgan fingerprint density at radius 2 is 1.32 bits per heavy atom. The summed E-state index contributed by atoms with van der Waals surface area (Å²) in [5.74, 6) is 0.0822. The number of nitrogens with one attached hydrogen (secondary N) is 1. The minimum absolute atomic E-state index is 0.0458. The molecular weight excluding hydrogens is 276 g/mol. The lowest BCUT2D eigenvalue weighted by Crippen LogP contribution is -2.45. The first-order valence-electron chi connectivity index (χ1n) is 8.12. The second-order valence-electron chi connectivity index (χ2n) is 7.11. The van der Waals surface area contributed by atoms with Crippen LogP contribution in [-0.4, -0.2) is 23.9 Å². The molecule has 4 atom stereocenters. The fourth-order valence-electron chi connectivity index (χ4n) is 3.94. The minimum atomic E-state index is -0.236. The number of benzene rings is 1. The fourth-order valence-corrected chi connectivity index (χ4v) is 3.94. The number of para-hydroxylation sites is 1. The normalized spacial score (nSPS) is 31.5. The third kappa shape index (κ3) is 2.17. The van der Waals surface area contributed by atoms with Crippen LogP contribution in [0.2, 0.25) is 0 Å². The van der Waals surface area contributed by atoms with Crippen molar-refractivity contribution in [2.75, 3.05) is 4.90 Å². The van der Waals surface area contributed by atoms with Gasteiger partial charge in [-0.25, -0.2) is 4.90 Å². The maximum Gasteiger partial charge on any atom is 0.239 e. The van der Waals surface area contributed by atoms with Crippen molar-refractivity contribution in [3.63, 3.8) is 0 Å². The third-order valence-electron chi connectivity index (χ3n) is 5.01. The zero-order chi connectivity index (χ0) is 16.0. The molecule has 2 saturated heterocycles. The van der Waals surface area contributed by atoms with Crippen molar-refractivity contribution in [3.05, 3.63) is 30.3 Å². The van der Waals surface area contributed by atoms with Crippen LogP contribution in [0.5, 0.6) is 0 Å². The first-order chi connectivity index (χ1) is 10.4. The van der Waals surface area contributed by atoms with Crippen molar-refractivity contribution in [2.24, 2.45) is 23.7 Å². The first-order valence-corrected chi connectivity index (χ1v) is 8.12. The van der Waals surface area contributed by atoms with E-state index in [1.165, 1.54) is 4.90 Å². The minimum Gasteiger partial charge on any atom is -0.309 e. The zero-order valence-electron chi connectivity index (χ0n) is 13.6. The van der Waals surface area contributed by atoms with Gasteiger partial charge in [-0.15, -0.1) is 0 Å². The molecule has 2 fully saturated rings. The van der Waals surface area contributed by atoms with Crippen molar-refractivity contribution in [3.8, 4) is 0 Å². The fraction of sp³-hybridized carbons (Fsp3) is 0.556. The lowest BCUT2D eigenvalue weighted by molar-refractivity contribution is -0.123. The van der Waals surface area contributed by atoms with Gasteiger partial charge in [0.2, 0.25) is 11.8 Å². The van der Waals surface area contributed by atoms with Crippen LogP contribution in [0.3, 0.4) is 0 Å². The molecule has 2 aliphatic rings. The van der Waals surface area contributed by atoms with Crippen molar-refractivity contribution >= 4 is 17.5 Å². The van der Waals surface area contributed by atoms with E-state index in [4.69, 9.17) is 0 Å². The van der Waals surface area contributed by atoms with Crippen LogP contribution in [0, 0.1) is 23.7 Å². The van der Waals surface area contributed by atoms with E-state index in [0.29, 0.717) is 17.5 Å². The zero-order valence-corrected chi connectivity index (χ0v) is 13.6. The molecule has 0 spiro atoms. The summed E-state index contributed by atoms with van der Waals surface area (Å²) in [7, 11) is 0. The van der Waals surface area contributed by atoms with Crippen molar-refractivity contribution in [1.29, 1.82) is 0 Å². The summed E-state index contributed by atoms with van der Waals surface area (Å²) >= 11 is 0. The second-order valence-corrected chi connectivity index (χ2v) is 7.11. The van der Waals surface area contributed by atoms with E-state index in [9.17, 15) is 9.59 Å². The number of fused-ring (bicyclic) bond motifs is 1. The molecule has 4 nitrogen and oxygen atoms in total. The number of hydrogen-bond donors (Lipinski definition) is 1. The topological polar surface area (TPSA) is 49.4 Å². The van der Waals surface area contributed by atoms with E-state index < -0.39 is 0 Å². The van der Waals surface area contributed by atoms with Gasteiger partial charge in [0.1, 0.15) is 0 Å². The Labute approximate surface area is 131 Å². The molecule has 2 heterocycles. The number of anilines is 1. The summed E-state index contributed by atoms with van der Waals surface area (Å²) in [5.41, 5.74) is 0.692. The smallest absolute Gasteiger partial charge is 0.239 e. The molecule has 22 heavy (non-hydrogen) atoms. The number of carbonyl (C=O) groups is 2. The second kappa shape index (κ2) is 5.51. The predicted octanol–water partition coefficient (Wildman–Crippen LogP) is 2.44. The van der Waals surface area contributed by atoms with Crippen LogP contribution >= 0.6 is 0 Å². The number of nitrogens with zero attached hydrogens (tertiary/aromatic N) is 1. The number of hydrogen-bond acceptors (Lipinski definition) is 3. The highest BCUT2D eigenvalue weighted by atomic mass is 16.2. The van der Waals surface area contributed by atoms with Crippen LogP contribution in [0.4, 0.5) is 5.69 Å². The number of amides is 2. The standard InChI is InChI=1S/C18H24N2O2/c1-10(2)15-13-14(16(19-15)11(3)4)18(22)20(17(13)21)12-8-6-5-7-9-12/h5-11,13-16,19H,1-4H3/t13-,14+,15-,16-/m0/s1. The Morgan fingerprint density at radius 3 is 1.73 bits per heavy atom. The molecule has 2 aliphatic heterocycles. The summed E-state index contributed by atoms with van der Waals surface area (Å²) in [6.45, 7) is 8.45. The van der Waals surface area contributed by atoms with Crippen molar-refractivity contribution < 1.29 is 9.59 Å². The van der Waals surface area contributed by atoms with Crippen LogP contribution in [-0.2, 0) is 9.59 Å². The maximum atomic E-state index is 12.9. The maximum absolute atomic E-state index is 12.9. The van der Waals surface area contributed by atoms with Crippen LogP contribution < -0.4 is 10.2 Å². The molecule has 0 aromatic heterocycles. The monoisotopic (exact) mass is 300 g/mol. The summed E-state index contributed by atoms with van der Waals surface area (Å²) in [4.78, 5) is 27.3. The molecule has 118 valence electrons. The van der Waals surface area contributed by atoms with Gasteiger partial charge in [-0.1, -0.05) is 45.9 Å². The molecule has 0 aliphatic carbocycles. The summed E-state index contributed by atoms with van der Waals surface area (Å²) < 4.78 is 0. The van der Waals surface area contributed by atoms with Gasteiger partial charge in [-0.3, -0.25) is 9.59 Å². The van der Waals surface area contributed by atoms with E-state index in [2.05, 4.69) is 33.0 Å². The van der Waals surface area contributed by atoms with Gasteiger partial charge in [-0.2, -0.15) is 0 Å². The largest absolute Gasteiger partial charge is 0.309 e. The molecule has 0 saturated carbocycles. The summed E-state index contributed by atoms with van der Waals surface area (Å²) in [5, 5.41) is 3.56. The Kier molecular flexibility index (Phi) is 3.81. The molecule has 3 rings (SSSR count). The molecular formula is C18H24N2O2. The molecule has 1 aromatic carbocycles. The van der Waals surface area contributed by atoms with Crippen molar-refractivity contribution in [1.82, 2.24) is 5.32 Å². The average molecular weight is 300 g/mol. The molecule has 2 amide bonds. The number of rotatable bonds is 3. The van der Waals surface area contributed by atoms with Crippen molar-refractivity contribution in [2.45, 2.75) is 39.8 Å². The molecule has 1 N–H and O–H groups in total. The van der Waals surface area contributed by atoms with E-state index in [1.54, 1.807) is 0 Å². The highest BCUT2D eigenvalue weighted by Gasteiger charge is 2.59. The van der Waals surface area contributed by atoms with Gasteiger partial charge in [0.15, 0.2) is 0 Å². The first kappa shape index (κ1) is 15.2. The van der Waals surface area contributed by atoms with Gasteiger partial charge in [-0.05, 0) is 24.0 Å².